The summed E-state index contributed by atoms with van der Waals surface area (Å²) in [6, 6.07) is 8.49. The lowest BCUT2D eigenvalue weighted by Crippen LogP contribution is -2.45. The summed E-state index contributed by atoms with van der Waals surface area (Å²) in [4.78, 5) is 18.2. The van der Waals surface area contributed by atoms with Crippen molar-refractivity contribution < 1.29 is 9.13 Å². The molecular weight excluding hydrogens is 323 g/mol. The summed E-state index contributed by atoms with van der Waals surface area (Å²) in [6.45, 7) is 1.18. The van der Waals surface area contributed by atoms with Crippen LogP contribution >= 0.6 is 0 Å². The Morgan fingerprint density at radius 1 is 1.36 bits per heavy atom. The third-order valence-corrected chi connectivity index (χ3v) is 4.60. The highest BCUT2D eigenvalue weighted by Gasteiger charge is 2.37. The van der Waals surface area contributed by atoms with Crippen LogP contribution in [0.4, 0.5) is 10.2 Å². The van der Waals surface area contributed by atoms with E-state index in [1.54, 1.807) is 37.6 Å². The number of hydrogen-bond donors (Lipinski definition) is 0. The molecule has 1 aromatic carbocycles. The molecule has 0 radical (unpaired) electrons. The quantitative estimate of drug-likeness (QED) is 0.851. The predicted octanol–water partition coefficient (Wildman–Crippen LogP) is 2.11. The van der Waals surface area contributed by atoms with Gasteiger partial charge in [-0.05, 0) is 25.0 Å². The monoisotopic (exact) mass is 342 g/mol. The van der Waals surface area contributed by atoms with Crippen LogP contribution in [0.5, 0.6) is 5.75 Å². The van der Waals surface area contributed by atoms with E-state index in [4.69, 9.17) is 4.74 Å². The second-order valence-electron chi connectivity index (χ2n) is 6.27. The number of halogens is 1. The molecule has 0 amide bonds. The third-order valence-electron chi connectivity index (χ3n) is 4.60. The molecule has 1 aliphatic heterocycles. The molecule has 0 bridgehead atoms. The Balaban J connectivity index is 1.68. The number of anilines is 1. The van der Waals surface area contributed by atoms with Crippen molar-refractivity contribution in [1.82, 2.24) is 9.55 Å². The Labute approximate surface area is 145 Å². The number of ether oxygens (including phenoxy) is 1. The average Bonchev–Trinajstić information content (AvgIpc) is 2.64. The normalized spacial score (nSPS) is 16.3. The molecule has 1 saturated heterocycles. The minimum Gasteiger partial charge on any atom is -0.489 e. The number of piperidine rings is 1. The van der Waals surface area contributed by atoms with E-state index in [1.807, 2.05) is 4.90 Å². The van der Waals surface area contributed by atoms with Crippen LogP contribution in [0.3, 0.4) is 0 Å². The lowest BCUT2D eigenvalue weighted by Gasteiger charge is -2.37. The zero-order valence-electron chi connectivity index (χ0n) is 14.0. The summed E-state index contributed by atoms with van der Waals surface area (Å²) in [6.07, 6.45) is 4.25. The standard InChI is InChI=1S/C18H19FN4O2/c1-22-11-8-21-16(17(22)24)23-9-6-18(12-20,7-10-23)13-25-15-5-3-2-4-14(15)19/h2-5,8,11H,6-7,9-10,13H2,1H3. The van der Waals surface area contributed by atoms with Crippen LogP contribution in [-0.2, 0) is 7.05 Å². The number of para-hydroxylation sites is 1. The van der Waals surface area contributed by atoms with E-state index in [2.05, 4.69) is 11.1 Å². The van der Waals surface area contributed by atoms with Crippen LogP contribution in [0.15, 0.2) is 41.5 Å². The molecule has 130 valence electrons. The predicted molar refractivity (Wildman–Crippen MR) is 90.9 cm³/mol. The van der Waals surface area contributed by atoms with Crippen LogP contribution in [0.1, 0.15) is 12.8 Å². The van der Waals surface area contributed by atoms with Crippen LogP contribution in [-0.4, -0.2) is 29.2 Å². The minimum atomic E-state index is -0.696. The Hall–Kier alpha value is -2.88. The van der Waals surface area contributed by atoms with E-state index in [0.29, 0.717) is 31.7 Å². The number of nitrogens with zero attached hydrogens (tertiary/aromatic N) is 4. The number of benzene rings is 1. The van der Waals surface area contributed by atoms with Gasteiger partial charge >= 0.3 is 0 Å². The molecule has 0 N–H and O–H groups in total. The molecule has 0 atom stereocenters. The van der Waals surface area contributed by atoms with Gasteiger partial charge in [-0.3, -0.25) is 4.79 Å². The van der Waals surface area contributed by atoms with Gasteiger partial charge in [0.05, 0.1) is 11.5 Å². The van der Waals surface area contributed by atoms with Crippen LogP contribution in [0, 0.1) is 22.6 Å². The molecule has 6 nitrogen and oxygen atoms in total. The first-order valence-corrected chi connectivity index (χ1v) is 8.10. The summed E-state index contributed by atoms with van der Waals surface area (Å²) in [5.41, 5.74) is -0.853. The Kier molecular flexibility index (Phi) is 4.70. The van der Waals surface area contributed by atoms with Gasteiger partial charge in [0.25, 0.3) is 5.56 Å². The molecule has 2 aromatic rings. The smallest absolute Gasteiger partial charge is 0.293 e. The third kappa shape index (κ3) is 3.48. The molecule has 1 aromatic heterocycles. The van der Waals surface area contributed by atoms with Crippen LogP contribution in [0.2, 0.25) is 0 Å². The van der Waals surface area contributed by atoms with Gasteiger partial charge in [0, 0.05) is 32.5 Å². The molecule has 2 heterocycles. The molecule has 25 heavy (non-hydrogen) atoms. The molecule has 1 aliphatic rings. The van der Waals surface area contributed by atoms with Gasteiger partial charge in [-0.2, -0.15) is 5.26 Å². The van der Waals surface area contributed by atoms with Crippen molar-refractivity contribution in [2.24, 2.45) is 12.5 Å². The van der Waals surface area contributed by atoms with Crippen LogP contribution in [0.25, 0.3) is 0 Å². The van der Waals surface area contributed by atoms with E-state index < -0.39 is 11.2 Å². The summed E-state index contributed by atoms with van der Waals surface area (Å²) in [5, 5.41) is 9.62. The topological polar surface area (TPSA) is 71.2 Å². The van der Waals surface area contributed by atoms with Gasteiger partial charge in [0.1, 0.15) is 6.61 Å². The van der Waals surface area contributed by atoms with E-state index in [1.165, 1.54) is 10.6 Å². The van der Waals surface area contributed by atoms with Crippen molar-refractivity contribution >= 4 is 5.82 Å². The molecule has 0 unspecified atom stereocenters. The summed E-state index contributed by atoms with van der Waals surface area (Å²) in [7, 11) is 1.68. The van der Waals surface area contributed by atoms with E-state index >= 15 is 0 Å². The largest absolute Gasteiger partial charge is 0.489 e. The number of aryl methyl sites for hydroxylation is 1. The van der Waals surface area contributed by atoms with E-state index in [-0.39, 0.29) is 17.9 Å². The second-order valence-corrected chi connectivity index (χ2v) is 6.27. The fraction of sp³-hybridized carbons (Fsp3) is 0.389. The molecular formula is C18H19FN4O2. The second kappa shape index (κ2) is 6.93. The highest BCUT2D eigenvalue weighted by molar-refractivity contribution is 5.37. The maximum atomic E-state index is 13.7. The lowest BCUT2D eigenvalue weighted by molar-refractivity contribution is 0.161. The van der Waals surface area contributed by atoms with E-state index in [0.717, 1.165) is 0 Å². The maximum absolute atomic E-state index is 13.7. The van der Waals surface area contributed by atoms with Gasteiger partial charge < -0.3 is 14.2 Å². The Morgan fingerprint density at radius 2 is 2.08 bits per heavy atom. The Morgan fingerprint density at radius 3 is 2.76 bits per heavy atom. The van der Waals surface area contributed by atoms with Crippen molar-refractivity contribution in [3.63, 3.8) is 0 Å². The molecule has 1 fully saturated rings. The van der Waals surface area contributed by atoms with Gasteiger partial charge in [-0.15, -0.1) is 0 Å². The summed E-state index contributed by atoms with van der Waals surface area (Å²) >= 11 is 0. The van der Waals surface area contributed by atoms with Crippen molar-refractivity contribution in [2.75, 3.05) is 24.6 Å². The fourth-order valence-corrected chi connectivity index (χ4v) is 2.91. The van der Waals surface area contributed by atoms with Gasteiger partial charge in [-0.1, -0.05) is 12.1 Å². The number of nitriles is 1. The number of aromatic nitrogens is 2. The molecule has 0 aliphatic carbocycles. The average molecular weight is 342 g/mol. The van der Waals surface area contributed by atoms with Gasteiger partial charge in [0.15, 0.2) is 17.4 Å². The van der Waals surface area contributed by atoms with Crippen molar-refractivity contribution in [3.05, 3.63) is 52.8 Å². The van der Waals surface area contributed by atoms with Crippen molar-refractivity contribution in [3.8, 4) is 11.8 Å². The molecule has 0 spiro atoms. The van der Waals surface area contributed by atoms with Crippen LogP contribution < -0.4 is 15.2 Å². The highest BCUT2D eigenvalue weighted by atomic mass is 19.1. The molecule has 0 saturated carbocycles. The first-order valence-electron chi connectivity index (χ1n) is 8.10. The Bertz CT molecular complexity index is 851. The first-order chi connectivity index (χ1) is 12.0. The first kappa shape index (κ1) is 17.0. The summed E-state index contributed by atoms with van der Waals surface area (Å²) < 4.78 is 20.7. The molecule has 7 heteroatoms. The minimum absolute atomic E-state index is 0.124. The highest BCUT2D eigenvalue weighted by Crippen LogP contribution is 2.33. The summed E-state index contributed by atoms with van der Waals surface area (Å²) in [5.74, 6) is 0.106. The van der Waals surface area contributed by atoms with Gasteiger partial charge in [-0.25, -0.2) is 9.37 Å². The fourth-order valence-electron chi connectivity index (χ4n) is 2.91. The number of hydrogen-bond acceptors (Lipinski definition) is 5. The molecule has 3 rings (SSSR count). The van der Waals surface area contributed by atoms with Gasteiger partial charge in [0.2, 0.25) is 0 Å². The zero-order chi connectivity index (χ0) is 17.9. The van der Waals surface area contributed by atoms with Crippen molar-refractivity contribution in [2.45, 2.75) is 12.8 Å². The SMILES string of the molecule is Cn1ccnc(N2CCC(C#N)(COc3ccccc3F)CC2)c1=O. The van der Waals surface area contributed by atoms with E-state index in [9.17, 15) is 14.4 Å². The zero-order valence-corrected chi connectivity index (χ0v) is 14.0. The number of rotatable bonds is 4. The maximum Gasteiger partial charge on any atom is 0.293 e. The van der Waals surface area contributed by atoms with Crippen molar-refractivity contribution in [1.29, 1.82) is 5.26 Å². The lowest BCUT2D eigenvalue weighted by atomic mass is 9.80.